The maximum Gasteiger partial charge on any atom is 0.178 e. The van der Waals surface area contributed by atoms with Gasteiger partial charge in [0.1, 0.15) is 5.69 Å². The zero-order valence-electron chi connectivity index (χ0n) is 10.9. The van der Waals surface area contributed by atoms with Crippen LogP contribution >= 0.6 is 11.6 Å². The number of benzene rings is 1. The smallest absolute Gasteiger partial charge is 0.178 e. The van der Waals surface area contributed by atoms with E-state index in [2.05, 4.69) is 4.98 Å². The summed E-state index contributed by atoms with van der Waals surface area (Å²) < 4.78 is 0. The zero-order chi connectivity index (χ0) is 13.8. The van der Waals surface area contributed by atoms with Gasteiger partial charge in [-0.3, -0.25) is 9.78 Å². The fourth-order valence-electron chi connectivity index (χ4n) is 1.79. The summed E-state index contributed by atoms with van der Waals surface area (Å²) in [6.07, 6.45) is 1.70. The molecule has 0 fully saturated rings. The molecule has 98 valence electrons. The number of rotatable bonds is 4. The molecular formula is C15H15ClN2O. The fourth-order valence-corrected chi connectivity index (χ4v) is 1.99. The van der Waals surface area contributed by atoms with Crippen LogP contribution in [0.3, 0.4) is 0 Å². The van der Waals surface area contributed by atoms with Crippen LogP contribution in [0, 0.1) is 0 Å². The van der Waals surface area contributed by atoms with E-state index in [0.717, 1.165) is 16.3 Å². The molecule has 1 aromatic carbocycles. The van der Waals surface area contributed by atoms with Gasteiger partial charge >= 0.3 is 0 Å². The zero-order valence-corrected chi connectivity index (χ0v) is 11.7. The third-order valence-corrected chi connectivity index (χ3v) is 3.28. The van der Waals surface area contributed by atoms with Crippen molar-refractivity contribution in [3.05, 3.63) is 58.9 Å². The topological polar surface area (TPSA) is 33.2 Å². The second kappa shape index (κ2) is 5.85. The minimum atomic E-state index is -0.0275. The molecule has 1 heterocycles. The first-order chi connectivity index (χ1) is 9.08. The summed E-state index contributed by atoms with van der Waals surface area (Å²) in [6.45, 7) is 2.20. The molecule has 2 rings (SSSR count). The van der Waals surface area contributed by atoms with E-state index < -0.39 is 0 Å². The molecule has 0 radical (unpaired) electrons. The predicted molar refractivity (Wildman–Crippen MR) is 77.8 cm³/mol. The first-order valence-electron chi connectivity index (χ1n) is 5.99. The summed E-state index contributed by atoms with van der Waals surface area (Å²) in [5.74, 6) is -0.0275. The van der Waals surface area contributed by atoms with Gasteiger partial charge in [-0.25, -0.2) is 0 Å². The number of pyridine rings is 1. The molecule has 4 heteroatoms. The molecule has 0 atom stereocenters. The Morgan fingerprint density at radius 3 is 2.58 bits per heavy atom. The number of ketones is 1. The molecule has 2 aromatic rings. The summed E-state index contributed by atoms with van der Waals surface area (Å²) in [5, 5.41) is 0.752. The molecule has 19 heavy (non-hydrogen) atoms. The molecule has 0 amide bonds. The molecule has 0 bridgehead atoms. The lowest BCUT2D eigenvalue weighted by Crippen LogP contribution is -2.17. The third kappa shape index (κ3) is 3.32. The molecule has 0 aliphatic carbocycles. The largest absolute Gasteiger partial charge is 0.369 e. The number of hydrogen-bond donors (Lipinski definition) is 0. The molecule has 0 spiro atoms. The molecule has 0 unspecified atom stereocenters. The van der Waals surface area contributed by atoms with Crippen LogP contribution in [0.4, 0.5) is 5.69 Å². The first kappa shape index (κ1) is 13.6. The maximum absolute atomic E-state index is 11.2. The monoisotopic (exact) mass is 274 g/mol. The van der Waals surface area contributed by atoms with Crippen LogP contribution < -0.4 is 4.90 Å². The van der Waals surface area contributed by atoms with E-state index >= 15 is 0 Å². The normalized spacial score (nSPS) is 10.3. The Labute approximate surface area is 117 Å². The Balaban J connectivity index is 2.14. The number of aromatic nitrogens is 1. The third-order valence-electron chi connectivity index (χ3n) is 2.91. The fraction of sp³-hybridized carbons (Fsp3) is 0.200. The van der Waals surface area contributed by atoms with Crippen molar-refractivity contribution in [1.29, 1.82) is 0 Å². The molecule has 0 N–H and O–H groups in total. The number of carbonyl (C=O) groups excluding carboxylic acids is 1. The van der Waals surface area contributed by atoms with Gasteiger partial charge in [0.2, 0.25) is 0 Å². The summed E-state index contributed by atoms with van der Waals surface area (Å²) in [4.78, 5) is 17.3. The van der Waals surface area contributed by atoms with E-state index in [1.165, 1.54) is 6.92 Å². The van der Waals surface area contributed by atoms with Crippen molar-refractivity contribution < 1.29 is 4.79 Å². The highest BCUT2D eigenvalue weighted by Gasteiger charge is 2.07. The van der Waals surface area contributed by atoms with Crippen LogP contribution in [0.15, 0.2) is 42.6 Å². The average molecular weight is 275 g/mol. The Morgan fingerprint density at radius 2 is 2.00 bits per heavy atom. The van der Waals surface area contributed by atoms with Crippen LogP contribution in [0.1, 0.15) is 23.0 Å². The number of carbonyl (C=O) groups is 1. The molecule has 1 aromatic heterocycles. The van der Waals surface area contributed by atoms with Gasteiger partial charge in [0.15, 0.2) is 5.78 Å². The van der Waals surface area contributed by atoms with Crippen molar-refractivity contribution in [3.63, 3.8) is 0 Å². The van der Waals surface area contributed by atoms with Crippen LogP contribution in [0.5, 0.6) is 0 Å². The van der Waals surface area contributed by atoms with Crippen LogP contribution in [0.2, 0.25) is 5.02 Å². The van der Waals surface area contributed by atoms with E-state index in [0.29, 0.717) is 12.2 Å². The summed E-state index contributed by atoms with van der Waals surface area (Å²) >= 11 is 6.14. The SMILES string of the molecule is CC(=O)c1ccc(N(C)Cc2ccccc2Cl)cn1. The number of Topliss-reactive ketones (excluding diaryl/α,β-unsaturated/α-hetero) is 1. The van der Waals surface area contributed by atoms with Gasteiger partial charge in [-0.05, 0) is 23.8 Å². The maximum atomic E-state index is 11.2. The van der Waals surface area contributed by atoms with Gasteiger partial charge in [0.25, 0.3) is 0 Å². The summed E-state index contributed by atoms with van der Waals surface area (Å²) in [5.41, 5.74) is 2.49. The number of nitrogens with zero attached hydrogens (tertiary/aromatic N) is 2. The Morgan fingerprint density at radius 1 is 1.26 bits per heavy atom. The van der Waals surface area contributed by atoms with Crippen LogP contribution in [0.25, 0.3) is 0 Å². The first-order valence-corrected chi connectivity index (χ1v) is 6.37. The van der Waals surface area contributed by atoms with Crippen molar-refractivity contribution >= 4 is 23.1 Å². The molecule has 0 aliphatic rings. The van der Waals surface area contributed by atoms with Crippen molar-refractivity contribution in [3.8, 4) is 0 Å². The van der Waals surface area contributed by atoms with E-state index in [1.807, 2.05) is 42.3 Å². The van der Waals surface area contributed by atoms with E-state index in [1.54, 1.807) is 12.3 Å². The standard InChI is InChI=1S/C15H15ClN2O/c1-11(19)15-8-7-13(9-17-15)18(2)10-12-5-3-4-6-14(12)16/h3-9H,10H2,1-2H3. The Bertz CT molecular complexity index is 581. The lowest BCUT2D eigenvalue weighted by Gasteiger charge is -2.19. The minimum absolute atomic E-state index is 0.0275. The summed E-state index contributed by atoms with van der Waals surface area (Å²) in [7, 11) is 1.97. The second-order valence-electron chi connectivity index (χ2n) is 4.41. The molecule has 0 aliphatic heterocycles. The lowest BCUT2D eigenvalue weighted by molar-refractivity contribution is 0.101. The van der Waals surface area contributed by atoms with Crippen molar-refractivity contribution in [2.45, 2.75) is 13.5 Å². The van der Waals surface area contributed by atoms with Crippen molar-refractivity contribution in [2.75, 3.05) is 11.9 Å². The number of hydrogen-bond acceptors (Lipinski definition) is 3. The van der Waals surface area contributed by atoms with Gasteiger partial charge in [0, 0.05) is 25.5 Å². The quantitative estimate of drug-likeness (QED) is 0.799. The van der Waals surface area contributed by atoms with Crippen molar-refractivity contribution in [2.24, 2.45) is 0 Å². The van der Waals surface area contributed by atoms with Gasteiger partial charge in [-0.2, -0.15) is 0 Å². The van der Waals surface area contributed by atoms with E-state index in [4.69, 9.17) is 11.6 Å². The Hall–Kier alpha value is -1.87. The van der Waals surface area contributed by atoms with Gasteiger partial charge in [0.05, 0.1) is 11.9 Å². The molecular weight excluding hydrogens is 260 g/mol. The van der Waals surface area contributed by atoms with Gasteiger partial charge < -0.3 is 4.90 Å². The predicted octanol–water partition coefficient (Wildman–Crippen LogP) is 3.57. The molecule has 0 saturated carbocycles. The van der Waals surface area contributed by atoms with E-state index in [-0.39, 0.29) is 5.78 Å². The van der Waals surface area contributed by atoms with Gasteiger partial charge in [-0.15, -0.1) is 0 Å². The Kier molecular flexibility index (Phi) is 4.17. The highest BCUT2D eigenvalue weighted by Crippen LogP contribution is 2.20. The summed E-state index contributed by atoms with van der Waals surface area (Å²) in [6, 6.07) is 11.4. The number of halogens is 1. The molecule has 0 saturated heterocycles. The highest BCUT2D eigenvalue weighted by atomic mass is 35.5. The van der Waals surface area contributed by atoms with E-state index in [9.17, 15) is 4.79 Å². The number of anilines is 1. The second-order valence-corrected chi connectivity index (χ2v) is 4.81. The van der Waals surface area contributed by atoms with Gasteiger partial charge in [-0.1, -0.05) is 29.8 Å². The molecule has 3 nitrogen and oxygen atoms in total. The van der Waals surface area contributed by atoms with Crippen LogP contribution in [-0.4, -0.2) is 17.8 Å². The van der Waals surface area contributed by atoms with Crippen LogP contribution in [-0.2, 0) is 6.54 Å². The average Bonchev–Trinajstić information content (AvgIpc) is 2.41. The lowest BCUT2D eigenvalue weighted by atomic mass is 10.2. The van der Waals surface area contributed by atoms with Crippen molar-refractivity contribution in [1.82, 2.24) is 4.98 Å². The minimum Gasteiger partial charge on any atom is -0.369 e. The highest BCUT2D eigenvalue weighted by molar-refractivity contribution is 6.31.